The summed E-state index contributed by atoms with van der Waals surface area (Å²) in [7, 11) is 0. The van der Waals surface area contributed by atoms with Crippen LogP contribution in [0.5, 0.6) is 0 Å². The average molecular weight is 279 g/mol. The molecule has 0 aromatic rings. The molecule has 0 bridgehead atoms. The van der Waals surface area contributed by atoms with Gasteiger partial charge in [-0.3, -0.25) is 0 Å². The number of hydrogen-bond acceptors (Lipinski definition) is 2. The Balaban J connectivity index is 1.57. The third-order valence-electron chi connectivity index (χ3n) is 6.51. The van der Waals surface area contributed by atoms with E-state index in [1.54, 1.807) is 0 Å². The van der Waals surface area contributed by atoms with Crippen LogP contribution >= 0.6 is 0 Å². The molecule has 3 fully saturated rings. The van der Waals surface area contributed by atoms with E-state index in [9.17, 15) is 0 Å². The van der Waals surface area contributed by atoms with Crippen LogP contribution < -0.4 is 5.32 Å². The summed E-state index contributed by atoms with van der Waals surface area (Å²) in [5, 5.41) is 4.03. The molecule has 3 atom stereocenters. The van der Waals surface area contributed by atoms with Crippen LogP contribution in [0.25, 0.3) is 0 Å². The van der Waals surface area contributed by atoms with Gasteiger partial charge in [0.05, 0.1) is 6.10 Å². The molecule has 116 valence electrons. The van der Waals surface area contributed by atoms with E-state index in [-0.39, 0.29) is 0 Å². The maximum atomic E-state index is 6.03. The zero-order valence-electron chi connectivity index (χ0n) is 13.5. The highest BCUT2D eigenvalue weighted by molar-refractivity contribution is 5.10. The average Bonchev–Trinajstić information content (AvgIpc) is 2.99. The van der Waals surface area contributed by atoms with Crippen LogP contribution in [0.3, 0.4) is 0 Å². The van der Waals surface area contributed by atoms with Gasteiger partial charge in [-0.15, -0.1) is 0 Å². The Morgan fingerprint density at radius 3 is 2.45 bits per heavy atom. The quantitative estimate of drug-likeness (QED) is 0.811. The minimum Gasteiger partial charge on any atom is -0.378 e. The highest BCUT2D eigenvalue weighted by Crippen LogP contribution is 2.55. The number of ether oxygens (including phenoxy) is 1. The molecule has 20 heavy (non-hydrogen) atoms. The minimum absolute atomic E-state index is 0.499. The van der Waals surface area contributed by atoms with E-state index in [2.05, 4.69) is 19.2 Å². The van der Waals surface area contributed by atoms with Gasteiger partial charge in [0.1, 0.15) is 0 Å². The summed E-state index contributed by atoms with van der Waals surface area (Å²) in [5.74, 6) is 0.924. The molecule has 3 aliphatic rings. The monoisotopic (exact) mass is 279 g/mol. The van der Waals surface area contributed by atoms with Crippen LogP contribution in [0.15, 0.2) is 0 Å². The molecule has 1 N–H and O–H groups in total. The van der Waals surface area contributed by atoms with Crippen molar-refractivity contribution in [1.82, 2.24) is 5.32 Å². The van der Waals surface area contributed by atoms with Gasteiger partial charge in [0.15, 0.2) is 0 Å². The molecule has 0 aliphatic heterocycles. The van der Waals surface area contributed by atoms with Crippen molar-refractivity contribution < 1.29 is 4.74 Å². The van der Waals surface area contributed by atoms with E-state index in [0.717, 1.165) is 18.6 Å². The topological polar surface area (TPSA) is 21.3 Å². The molecule has 3 rings (SSSR count). The SMILES string of the molecule is CCOC1CC(N[C@H](C)C2CCCCC2)C12CCCC2. The van der Waals surface area contributed by atoms with Gasteiger partial charge >= 0.3 is 0 Å². The maximum absolute atomic E-state index is 6.03. The van der Waals surface area contributed by atoms with E-state index in [1.807, 2.05) is 0 Å². The van der Waals surface area contributed by atoms with Crippen molar-refractivity contribution in [2.45, 2.75) is 96.2 Å². The Morgan fingerprint density at radius 1 is 1.10 bits per heavy atom. The van der Waals surface area contributed by atoms with Crippen LogP contribution in [-0.2, 0) is 4.74 Å². The Labute approximate surface area is 125 Å². The van der Waals surface area contributed by atoms with Gasteiger partial charge < -0.3 is 10.1 Å². The van der Waals surface area contributed by atoms with Crippen LogP contribution in [0.2, 0.25) is 0 Å². The highest BCUT2D eigenvalue weighted by Gasteiger charge is 2.56. The molecular formula is C18H33NO. The van der Waals surface area contributed by atoms with Crippen LogP contribution in [0, 0.1) is 11.3 Å². The highest BCUT2D eigenvalue weighted by atomic mass is 16.5. The summed E-state index contributed by atoms with van der Waals surface area (Å²) in [4.78, 5) is 0. The lowest BCUT2D eigenvalue weighted by molar-refractivity contribution is -0.133. The largest absolute Gasteiger partial charge is 0.378 e. The van der Waals surface area contributed by atoms with Gasteiger partial charge in [-0.2, -0.15) is 0 Å². The van der Waals surface area contributed by atoms with Crippen molar-refractivity contribution in [3.05, 3.63) is 0 Å². The Morgan fingerprint density at radius 2 is 1.80 bits per heavy atom. The van der Waals surface area contributed by atoms with Crippen molar-refractivity contribution >= 4 is 0 Å². The standard InChI is InChI=1S/C18H33NO/c1-3-20-17-13-16(18(17)11-7-8-12-18)19-14(2)15-9-5-4-6-10-15/h14-17,19H,3-13H2,1-2H3/t14-,16?,17?/m1/s1. The molecule has 2 heteroatoms. The molecule has 2 unspecified atom stereocenters. The fraction of sp³-hybridized carbons (Fsp3) is 1.00. The summed E-state index contributed by atoms with van der Waals surface area (Å²) in [5.41, 5.74) is 0.499. The first-order valence-electron chi connectivity index (χ1n) is 9.14. The summed E-state index contributed by atoms with van der Waals surface area (Å²) < 4.78 is 6.03. The molecule has 3 saturated carbocycles. The molecule has 0 heterocycles. The predicted molar refractivity (Wildman–Crippen MR) is 83.9 cm³/mol. The third-order valence-corrected chi connectivity index (χ3v) is 6.51. The van der Waals surface area contributed by atoms with Crippen molar-refractivity contribution in [3.63, 3.8) is 0 Å². The van der Waals surface area contributed by atoms with Crippen molar-refractivity contribution in [3.8, 4) is 0 Å². The van der Waals surface area contributed by atoms with Crippen molar-refractivity contribution in [2.75, 3.05) is 6.61 Å². The zero-order chi connectivity index (χ0) is 14.0. The fourth-order valence-electron chi connectivity index (χ4n) is 5.21. The van der Waals surface area contributed by atoms with Crippen LogP contribution in [0.1, 0.15) is 78.1 Å². The molecule has 1 spiro atoms. The summed E-state index contributed by atoms with van der Waals surface area (Å²) >= 11 is 0. The Hall–Kier alpha value is -0.0800. The summed E-state index contributed by atoms with van der Waals surface area (Å²) in [6, 6.07) is 1.44. The molecule has 0 saturated heterocycles. The number of rotatable bonds is 5. The van der Waals surface area contributed by atoms with Crippen molar-refractivity contribution in [1.29, 1.82) is 0 Å². The van der Waals surface area contributed by atoms with Crippen LogP contribution in [-0.4, -0.2) is 24.8 Å². The van der Waals surface area contributed by atoms with E-state index >= 15 is 0 Å². The van der Waals surface area contributed by atoms with Gasteiger partial charge in [0, 0.05) is 24.1 Å². The van der Waals surface area contributed by atoms with Crippen molar-refractivity contribution in [2.24, 2.45) is 11.3 Å². The van der Waals surface area contributed by atoms with E-state index < -0.39 is 0 Å². The first-order valence-corrected chi connectivity index (χ1v) is 9.14. The Kier molecular flexibility index (Phi) is 4.72. The van der Waals surface area contributed by atoms with E-state index in [4.69, 9.17) is 4.74 Å². The molecule has 0 aromatic carbocycles. The van der Waals surface area contributed by atoms with E-state index in [0.29, 0.717) is 17.6 Å². The van der Waals surface area contributed by atoms with Gasteiger partial charge in [-0.25, -0.2) is 0 Å². The predicted octanol–water partition coefficient (Wildman–Crippen LogP) is 4.28. The lowest BCUT2D eigenvalue weighted by atomic mass is 9.60. The number of hydrogen-bond donors (Lipinski definition) is 1. The van der Waals surface area contributed by atoms with Gasteiger partial charge in [0.25, 0.3) is 0 Å². The molecule has 2 nitrogen and oxygen atoms in total. The van der Waals surface area contributed by atoms with Gasteiger partial charge in [-0.05, 0) is 51.9 Å². The third kappa shape index (κ3) is 2.66. The lowest BCUT2D eigenvalue weighted by Gasteiger charge is -2.55. The normalized spacial score (nSPS) is 35.1. The zero-order valence-corrected chi connectivity index (χ0v) is 13.5. The maximum Gasteiger partial charge on any atom is 0.0661 e. The molecule has 3 aliphatic carbocycles. The molecule has 0 radical (unpaired) electrons. The second-order valence-electron chi connectivity index (χ2n) is 7.53. The smallest absolute Gasteiger partial charge is 0.0661 e. The minimum atomic E-state index is 0.499. The summed E-state index contributed by atoms with van der Waals surface area (Å²) in [6.45, 7) is 5.47. The van der Waals surface area contributed by atoms with E-state index in [1.165, 1.54) is 64.2 Å². The lowest BCUT2D eigenvalue weighted by Crippen LogP contribution is -2.64. The molecule has 0 amide bonds. The number of nitrogens with one attached hydrogen (secondary N) is 1. The fourth-order valence-corrected chi connectivity index (χ4v) is 5.21. The second kappa shape index (κ2) is 6.36. The first-order chi connectivity index (χ1) is 9.76. The Bertz CT molecular complexity index is 305. The molecule has 0 aromatic heterocycles. The first kappa shape index (κ1) is 14.8. The van der Waals surface area contributed by atoms with Gasteiger partial charge in [-0.1, -0.05) is 32.1 Å². The molecular weight excluding hydrogens is 246 g/mol. The van der Waals surface area contributed by atoms with Crippen LogP contribution in [0.4, 0.5) is 0 Å². The second-order valence-corrected chi connectivity index (χ2v) is 7.53. The van der Waals surface area contributed by atoms with Gasteiger partial charge in [0.2, 0.25) is 0 Å². The summed E-state index contributed by atoms with van der Waals surface area (Å²) in [6.07, 6.45) is 14.7.